The average molecular weight is 318 g/mol. The summed E-state index contributed by atoms with van der Waals surface area (Å²) in [6, 6.07) is 11.9. The summed E-state index contributed by atoms with van der Waals surface area (Å²) in [6.07, 6.45) is 3.33. The molecule has 0 aliphatic rings. The molecule has 4 N–H and O–H groups in total. The first-order chi connectivity index (χ1) is 11.8. The molecule has 8 nitrogen and oxygen atoms in total. The number of hydrogen-bond donors (Lipinski definition) is 3. The van der Waals surface area contributed by atoms with E-state index >= 15 is 0 Å². The number of nitrogens with zero attached hydrogens (tertiary/aromatic N) is 5. The molecule has 1 aromatic carbocycles. The molecule has 0 aliphatic heterocycles. The standard InChI is InChI=1S/C16H14N8/c17-15-19-9-11-13(23-24-14(11)22-15)12-6-7-18-16(21-12)20-8-10-4-2-1-3-5-10/h1-7,9H,8H2,(H,18,20,21)(H3,17,19,22,23,24). The molecule has 3 heterocycles. The Labute approximate surface area is 137 Å². The van der Waals surface area contributed by atoms with E-state index in [-0.39, 0.29) is 5.95 Å². The highest BCUT2D eigenvalue weighted by molar-refractivity contribution is 5.89. The van der Waals surface area contributed by atoms with Crippen molar-refractivity contribution in [3.63, 3.8) is 0 Å². The molecule has 0 aliphatic carbocycles. The van der Waals surface area contributed by atoms with Crippen LogP contribution in [0.3, 0.4) is 0 Å². The summed E-state index contributed by atoms with van der Waals surface area (Å²) < 4.78 is 0. The van der Waals surface area contributed by atoms with E-state index in [2.05, 4.69) is 35.5 Å². The quantitative estimate of drug-likeness (QED) is 0.526. The van der Waals surface area contributed by atoms with Gasteiger partial charge in [0.25, 0.3) is 0 Å². The zero-order valence-corrected chi connectivity index (χ0v) is 12.6. The molecule has 0 bridgehead atoms. The summed E-state index contributed by atoms with van der Waals surface area (Å²) in [7, 11) is 0. The van der Waals surface area contributed by atoms with Crippen molar-refractivity contribution in [3.05, 3.63) is 54.4 Å². The van der Waals surface area contributed by atoms with Crippen LogP contribution in [0.25, 0.3) is 22.4 Å². The summed E-state index contributed by atoms with van der Waals surface area (Å²) >= 11 is 0. The van der Waals surface area contributed by atoms with Gasteiger partial charge >= 0.3 is 0 Å². The number of anilines is 2. The van der Waals surface area contributed by atoms with Crippen molar-refractivity contribution in [2.75, 3.05) is 11.1 Å². The zero-order valence-electron chi connectivity index (χ0n) is 12.6. The van der Waals surface area contributed by atoms with Crippen LogP contribution in [0.2, 0.25) is 0 Å². The van der Waals surface area contributed by atoms with Crippen LogP contribution in [0.15, 0.2) is 48.8 Å². The third-order valence-corrected chi connectivity index (χ3v) is 3.54. The van der Waals surface area contributed by atoms with E-state index in [9.17, 15) is 0 Å². The van der Waals surface area contributed by atoms with E-state index in [1.165, 1.54) is 0 Å². The number of fused-ring (bicyclic) bond motifs is 1. The lowest BCUT2D eigenvalue weighted by molar-refractivity contribution is 1.04. The Hall–Kier alpha value is -3.55. The van der Waals surface area contributed by atoms with Crippen LogP contribution >= 0.6 is 0 Å². The fourth-order valence-electron chi connectivity index (χ4n) is 2.37. The van der Waals surface area contributed by atoms with Gasteiger partial charge in [-0.05, 0) is 11.6 Å². The number of benzene rings is 1. The zero-order chi connectivity index (χ0) is 16.4. The molecule has 4 aromatic rings. The van der Waals surface area contributed by atoms with Crippen molar-refractivity contribution in [2.24, 2.45) is 0 Å². The SMILES string of the molecule is Nc1ncc2c(-c3ccnc(NCc4ccccc4)n3)[nH]nc2n1. The minimum absolute atomic E-state index is 0.188. The molecule has 0 saturated carbocycles. The summed E-state index contributed by atoms with van der Waals surface area (Å²) in [6.45, 7) is 0.646. The number of nitrogens with two attached hydrogens (primary N) is 1. The molecule has 0 saturated heterocycles. The van der Waals surface area contributed by atoms with E-state index in [1.807, 2.05) is 30.3 Å². The number of nitrogens with one attached hydrogen (secondary N) is 2. The van der Waals surface area contributed by atoms with Crippen LogP contribution in [-0.2, 0) is 6.54 Å². The van der Waals surface area contributed by atoms with Crippen LogP contribution in [0.1, 0.15) is 5.56 Å². The van der Waals surface area contributed by atoms with Crippen molar-refractivity contribution >= 4 is 22.9 Å². The Balaban J connectivity index is 1.62. The number of aromatic nitrogens is 6. The van der Waals surface area contributed by atoms with Crippen molar-refractivity contribution in [1.29, 1.82) is 0 Å². The third kappa shape index (κ3) is 2.72. The smallest absolute Gasteiger partial charge is 0.223 e. The maximum atomic E-state index is 5.58. The maximum absolute atomic E-state index is 5.58. The highest BCUT2D eigenvalue weighted by Gasteiger charge is 2.11. The largest absolute Gasteiger partial charge is 0.368 e. The van der Waals surface area contributed by atoms with Crippen LogP contribution in [0.4, 0.5) is 11.9 Å². The van der Waals surface area contributed by atoms with Gasteiger partial charge in [-0.1, -0.05) is 30.3 Å². The minimum Gasteiger partial charge on any atom is -0.368 e. The third-order valence-electron chi connectivity index (χ3n) is 3.54. The second kappa shape index (κ2) is 5.92. The lowest BCUT2D eigenvalue weighted by Crippen LogP contribution is -2.03. The van der Waals surface area contributed by atoms with Crippen LogP contribution < -0.4 is 11.1 Å². The molecule has 3 aromatic heterocycles. The van der Waals surface area contributed by atoms with Gasteiger partial charge in [-0.15, -0.1) is 0 Å². The Kier molecular flexibility index (Phi) is 3.47. The predicted octanol–water partition coefficient (Wildman–Crippen LogP) is 2.00. The highest BCUT2D eigenvalue weighted by atomic mass is 15.2. The molecule has 8 heteroatoms. The van der Waals surface area contributed by atoms with Gasteiger partial charge in [0.1, 0.15) is 0 Å². The number of hydrogen-bond acceptors (Lipinski definition) is 7. The number of rotatable bonds is 4. The molecule has 0 unspecified atom stereocenters. The molecule has 4 rings (SSSR count). The van der Waals surface area contributed by atoms with Crippen molar-refractivity contribution < 1.29 is 0 Å². The highest BCUT2D eigenvalue weighted by Crippen LogP contribution is 2.23. The number of H-pyrrole nitrogens is 1. The van der Waals surface area contributed by atoms with Gasteiger partial charge in [-0.25, -0.2) is 15.0 Å². The molecule has 0 radical (unpaired) electrons. The Morgan fingerprint density at radius 1 is 1.04 bits per heavy atom. The van der Waals surface area contributed by atoms with Gasteiger partial charge in [-0.2, -0.15) is 10.1 Å². The van der Waals surface area contributed by atoms with E-state index < -0.39 is 0 Å². The maximum Gasteiger partial charge on any atom is 0.223 e. The predicted molar refractivity (Wildman–Crippen MR) is 90.9 cm³/mol. The Morgan fingerprint density at radius 2 is 1.92 bits per heavy atom. The van der Waals surface area contributed by atoms with Crippen LogP contribution in [0.5, 0.6) is 0 Å². The Morgan fingerprint density at radius 3 is 2.79 bits per heavy atom. The summed E-state index contributed by atoms with van der Waals surface area (Å²) in [5.41, 5.74) is 8.68. The lowest BCUT2D eigenvalue weighted by Gasteiger charge is -2.06. The molecule has 118 valence electrons. The van der Waals surface area contributed by atoms with Gasteiger partial charge in [0.05, 0.1) is 16.8 Å². The molecular formula is C16H14N8. The normalized spacial score (nSPS) is 10.8. The number of nitrogen functional groups attached to an aromatic ring is 1. The molecule has 0 amide bonds. The molecule has 0 spiro atoms. The topological polar surface area (TPSA) is 118 Å². The fraction of sp³-hybridized carbons (Fsp3) is 0.0625. The van der Waals surface area contributed by atoms with Crippen LogP contribution in [0, 0.1) is 0 Å². The van der Waals surface area contributed by atoms with Crippen molar-refractivity contribution in [3.8, 4) is 11.4 Å². The summed E-state index contributed by atoms with van der Waals surface area (Å²) in [5.74, 6) is 0.726. The van der Waals surface area contributed by atoms with Gasteiger partial charge in [0, 0.05) is 18.9 Å². The van der Waals surface area contributed by atoms with Gasteiger partial charge in [0.2, 0.25) is 11.9 Å². The van der Waals surface area contributed by atoms with Gasteiger partial charge in [0.15, 0.2) is 5.65 Å². The number of aromatic amines is 1. The summed E-state index contributed by atoms with van der Waals surface area (Å²) in [4.78, 5) is 16.9. The summed E-state index contributed by atoms with van der Waals surface area (Å²) in [5, 5.41) is 11.0. The van der Waals surface area contributed by atoms with Crippen molar-refractivity contribution in [2.45, 2.75) is 6.54 Å². The van der Waals surface area contributed by atoms with Gasteiger partial charge in [-0.3, -0.25) is 5.10 Å². The Bertz CT molecular complexity index is 980. The second-order valence-corrected chi connectivity index (χ2v) is 5.17. The minimum atomic E-state index is 0.188. The van der Waals surface area contributed by atoms with E-state index in [4.69, 9.17) is 5.73 Å². The molecule has 0 atom stereocenters. The molecule has 0 fully saturated rings. The van der Waals surface area contributed by atoms with Crippen molar-refractivity contribution in [1.82, 2.24) is 30.1 Å². The first kappa shape index (κ1) is 14.1. The fourth-order valence-corrected chi connectivity index (χ4v) is 2.37. The van der Waals surface area contributed by atoms with Crippen LogP contribution in [-0.4, -0.2) is 30.1 Å². The first-order valence-corrected chi connectivity index (χ1v) is 7.37. The monoisotopic (exact) mass is 318 g/mol. The lowest BCUT2D eigenvalue weighted by atomic mass is 10.2. The van der Waals surface area contributed by atoms with E-state index in [0.717, 1.165) is 16.6 Å². The molecule has 24 heavy (non-hydrogen) atoms. The van der Waals surface area contributed by atoms with E-state index in [1.54, 1.807) is 18.5 Å². The van der Waals surface area contributed by atoms with E-state index in [0.29, 0.717) is 23.8 Å². The average Bonchev–Trinajstić information content (AvgIpc) is 3.04. The molecular weight excluding hydrogens is 304 g/mol. The first-order valence-electron chi connectivity index (χ1n) is 7.37. The second-order valence-electron chi connectivity index (χ2n) is 5.17. The van der Waals surface area contributed by atoms with Gasteiger partial charge < -0.3 is 11.1 Å².